The minimum Gasteiger partial charge on any atom is -0.383 e. The molecule has 0 unspecified atom stereocenters. The molecule has 3 aromatic rings. The standard InChI is InChI=1S/C21H28N6O/c1-13-7-5-8-14(11-13)17-16-18(22)27(21(2,3)4)26-19(16)25-20(24-17)23-12-15-9-6-10-28-15/h5,7-8,11,15H,6,9-10,12,22H2,1-4H3,(H,23,25,26)/t15-/m1/s1. The first-order chi connectivity index (χ1) is 13.3. The first-order valence-corrected chi connectivity index (χ1v) is 9.82. The molecule has 1 aliphatic rings. The quantitative estimate of drug-likeness (QED) is 0.717. The molecule has 28 heavy (non-hydrogen) atoms. The van der Waals surface area contributed by atoms with Crippen molar-refractivity contribution in [1.29, 1.82) is 0 Å². The Morgan fingerprint density at radius 2 is 2.11 bits per heavy atom. The van der Waals surface area contributed by atoms with E-state index in [2.05, 4.69) is 50.1 Å². The SMILES string of the molecule is Cc1cccc(-c2nc(NC[C@H]3CCCO3)nc3nn(C(C)(C)C)c(N)c23)c1. The molecule has 0 bridgehead atoms. The number of aromatic nitrogens is 4. The van der Waals surface area contributed by atoms with Gasteiger partial charge in [-0.05, 0) is 46.6 Å². The molecule has 0 saturated carbocycles. The Labute approximate surface area is 165 Å². The molecule has 1 saturated heterocycles. The normalized spacial score (nSPS) is 17.4. The van der Waals surface area contributed by atoms with Crippen LogP contribution in [-0.4, -0.2) is 39.0 Å². The van der Waals surface area contributed by atoms with Crippen LogP contribution in [0.15, 0.2) is 24.3 Å². The zero-order valence-corrected chi connectivity index (χ0v) is 17.0. The Balaban J connectivity index is 1.83. The predicted octanol–water partition coefficient (Wildman–Crippen LogP) is 3.73. The van der Waals surface area contributed by atoms with Crippen molar-refractivity contribution in [3.05, 3.63) is 29.8 Å². The Kier molecular flexibility index (Phi) is 4.71. The van der Waals surface area contributed by atoms with Crippen LogP contribution < -0.4 is 11.1 Å². The molecular weight excluding hydrogens is 352 g/mol. The van der Waals surface area contributed by atoms with Crippen molar-refractivity contribution in [2.24, 2.45) is 0 Å². The number of nitrogens with two attached hydrogens (primary N) is 1. The van der Waals surface area contributed by atoms with E-state index < -0.39 is 0 Å². The number of anilines is 2. The van der Waals surface area contributed by atoms with E-state index in [1.807, 2.05) is 16.8 Å². The number of aryl methyl sites for hydroxylation is 1. The molecule has 0 aliphatic carbocycles. The second-order valence-corrected chi connectivity index (χ2v) is 8.45. The fourth-order valence-corrected chi connectivity index (χ4v) is 3.61. The van der Waals surface area contributed by atoms with Gasteiger partial charge in [0.2, 0.25) is 5.95 Å². The van der Waals surface area contributed by atoms with Gasteiger partial charge in [-0.15, -0.1) is 5.10 Å². The van der Waals surface area contributed by atoms with Crippen LogP contribution >= 0.6 is 0 Å². The van der Waals surface area contributed by atoms with Gasteiger partial charge in [-0.2, -0.15) is 4.98 Å². The number of hydrogen-bond donors (Lipinski definition) is 2. The number of rotatable bonds is 4. The summed E-state index contributed by atoms with van der Waals surface area (Å²) in [6, 6.07) is 8.26. The van der Waals surface area contributed by atoms with Crippen molar-refractivity contribution in [3.63, 3.8) is 0 Å². The molecule has 3 heterocycles. The minimum atomic E-state index is -0.250. The number of nitrogen functional groups attached to an aromatic ring is 1. The molecule has 1 aliphatic heterocycles. The van der Waals surface area contributed by atoms with Crippen molar-refractivity contribution in [1.82, 2.24) is 19.7 Å². The summed E-state index contributed by atoms with van der Waals surface area (Å²) in [6.07, 6.45) is 2.37. The summed E-state index contributed by atoms with van der Waals surface area (Å²) in [5, 5.41) is 8.83. The first-order valence-electron chi connectivity index (χ1n) is 9.82. The summed E-state index contributed by atoms with van der Waals surface area (Å²) in [6.45, 7) is 9.81. The lowest BCUT2D eigenvalue weighted by molar-refractivity contribution is 0.120. The Hall–Kier alpha value is -2.67. The van der Waals surface area contributed by atoms with Gasteiger partial charge in [0.05, 0.1) is 22.7 Å². The molecule has 1 fully saturated rings. The molecule has 2 aromatic heterocycles. The number of nitrogens with one attached hydrogen (secondary N) is 1. The van der Waals surface area contributed by atoms with Gasteiger partial charge in [-0.1, -0.05) is 23.8 Å². The molecule has 7 heteroatoms. The zero-order valence-electron chi connectivity index (χ0n) is 17.0. The maximum absolute atomic E-state index is 6.50. The van der Waals surface area contributed by atoms with Crippen molar-refractivity contribution in [2.45, 2.75) is 52.2 Å². The van der Waals surface area contributed by atoms with Crippen LogP contribution in [0.5, 0.6) is 0 Å². The van der Waals surface area contributed by atoms with Crippen LogP contribution in [0.2, 0.25) is 0 Å². The van der Waals surface area contributed by atoms with E-state index in [1.165, 1.54) is 5.56 Å². The average Bonchev–Trinajstić information content (AvgIpc) is 3.27. The fraction of sp³-hybridized carbons (Fsp3) is 0.476. The van der Waals surface area contributed by atoms with E-state index in [4.69, 9.17) is 20.6 Å². The van der Waals surface area contributed by atoms with E-state index >= 15 is 0 Å². The Morgan fingerprint density at radius 1 is 1.29 bits per heavy atom. The zero-order chi connectivity index (χ0) is 19.9. The molecule has 7 nitrogen and oxygen atoms in total. The lowest BCUT2D eigenvalue weighted by Gasteiger charge is -2.20. The smallest absolute Gasteiger partial charge is 0.225 e. The topological polar surface area (TPSA) is 90.9 Å². The van der Waals surface area contributed by atoms with Crippen LogP contribution in [0.4, 0.5) is 11.8 Å². The van der Waals surface area contributed by atoms with Gasteiger partial charge in [-0.3, -0.25) is 0 Å². The molecule has 0 radical (unpaired) electrons. The van der Waals surface area contributed by atoms with Gasteiger partial charge in [0.15, 0.2) is 5.65 Å². The fourth-order valence-electron chi connectivity index (χ4n) is 3.61. The van der Waals surface area contributed by atoms with E-state index in [1.54, 1.807) is 0 Å². The van der Waals surface area contributed by atoms with E-state index in [-0.39, 0.29) is 11.6 Å². The van der Waals surface area contributed by atoms with Gasteiger partial charge in [0, 0.05) is 18.7 Å². The van der Waals surface area contributed by atoms with E-state index in [9.17, 15) is 0 Å². The minimum absolute atomic E-state index is 0.207. The highest BCUT2D eigenvalue weighted by Crippen LogP contribution is 2.34. The summed E-state index contributed by atoms with van der Waals surface area (Å²) >= 11 is 0. The van der Waals surface area contributed by atoms with E-state index in [0.29, 0.717) is 24.0 Å². The monoisotopic (exact) mass is 380 g/mol. The summed E-state index contributed by atoms with van der Waals surface area (Å²) in [5.41, 5.74) is 9.84. The second-order valence-electron chi connectivity index (χ2n) is 8.45. The molecule has 0 amide bonds. The van der Waals surface area contributed by atoms with Crippen molar-refractivity contribution >= 4 is 22.8 Å². The first kappa shape index (κ1) is 18.7. The number of benzene rings is 1. The van der Waals surface area contributed by atoms with Gasteiger partial charge in [0.1, 0.15) is 5.82 Å². The van der Waals surface area contributed by atoms with Crippen molar-refractivity contribution in [3.8, 4) is 11.3 Å². The lowest BCUT2D eigenvalue weighted by atomic mass is 10.1. The third-order valence-corrected chi connectivity index (χ3v) is 5.01. The molecule has 1 aromatic carbocycles. The summed E-state index contributed by atoms with van der Waals surface area (Å²) in [5.74, 6) is 1.14. The van der Waals surface area contributed by atoms with Gasteiger partial charge in [0.25, 0.3) is 0 Å². The molecule has 4 rings (SSSR count). The second kappa shape index (κ2) is 7.05. The van der Waals surface area contributed by atoms with Crippen LogP contribution in [0.25, 0.3) is 22.3 Å². The highest BCUT2D eigenvalue weighted by molar-refractivity contribution is 5.99. The average molecular weight is 380 g/mol. The summed E-state index contributed by atoms with van der Waals surface area (Å²) in [7, 11) is 0. The molecule has 148 valence electrons. The Bertz CT molecular complexity index is 998. The van der Waals surface area contributed by atoms with E-state index in [0.717, 1.165) is 36.1 Å². The molecule has 3 N–H and O–H groups in total. The maximum Gasteiger partial charge on any atom is 0.225 e. The third kappa shape index (κ3) is 3.54. The lowest BCUT2D eigenvalue weighted by Crippen LogP contribution is -2.24. The van der Waals surface area contributed by atoms with Crippen molar-refractivity contribution in [2.75, 3.05) is 24.2 Å². The highest BCUT2D eigenvalue weighted by atomic mass is 16.5. The third-order valence-electron chi connectivity index (χ3n) is 5.01. The molecule has 1 atom stereocenters. The highest BCUT2D eigenvalue weighted by Gasteiger charge is 2.24. The number of fused-ring (bicyclic) bond motifs is 1. The van der Waals surface area contributed by atoms with Crippen LogP contribution in [0.1, 0.15) is 39.2 Å². The van der Waals surface area contributed by atoms with Gasteiger partial charge >= 0.3 is 0 Å². The predicted molar refractivity (Wildman–Crippen MR) is 112 cm³/mol. The summed E-state index contributed by atoms with van der Waals surface area (Å²) in [4.78, 5) is 9.47. The van der Waals surface area contributed by atoms with Crippen LogP contribution in [0.3, 0.4) is 0 Å². The Morgan fingerprint density at radius 3 is 2.79 bits per heavy atom. The van der Waals surface area contributed by atoms with Crippen molar-refractivity contribution < 1.29 is 4.74 Å². The van der Waals surface area contributed by atoms with Crippen LogP contribution in [0, 0.1) is 6.92 Å². The van der Waals surface area contributed by atoms with Crippen LogP contribution in [-0.2, 0) is 10.3 Å². The number of ether oxygens (including phenoxy) is 1. The van der Waals surface area contributed by atoms with Gasteiger partial charge in [-0.25, -0.2) is 9.67 Å². The number of nitrogens with zero attached hydrogens (tertiary/aromatic N) is 4. The molecule has 0 spiro atoms. The summed E-state index contributed by atoms with van der Waals surface area (Å²) < 4.78 is 7.53. The maximum atomic E-state index is 6.50. The molecular formula is C21H28N6O. The van der Waals surface area contributed by atoms with Gasteiger partial charge < -0.3 is 15.8 Å². The number of hydrogen-bond acceptors (Lipinski definition) is 6. The largest absolute Gasteiger partial charge is 0.383 e.